The molecule has 2 aromatic carbocycles. The Balaban J connectivity index is 1.68. The van der Waals surface area contributed by atoms with E-state index in [1.54, 1.807) is 22.9 Å². The molecule has 1 heterocycles. The molecule has 3 rings (SSSR count). The van der Waals surface area contributed by atoms with Crippen molar-refractivity contribution in [1.82, 2.24) is 9.78 Å². The van der Waals surface area contributed by atoms with Gasteiger partial charge in [0.1, 0.15) is 0 Å². The van der Waals surface area contributed by atoms with Crippen LogP contribution in [0.5, 0.6) is 0 Å². The van der Waals surface area contributed by atoms with Crippen LogP contribution in [0.25, 0.3) is 5.69 Å². The second-order valence-corrected chi connectivity index (χ2v) is 9.46. The first kappa shape index (κ1) is 20.4. The van der Waals surface area contributed by atoms with Crippen LogP contribution in [0.15, 0.2) is 40.7 Å². The zero-order valence-corrected chi connectivity index (χ0v) is 18.4. The molecule has 0 saturated heterocycles. The van der Waals surface area contributed by atoms with E-state index in [1.807, 2.05) is 32.0 Å². The predicted molar refractivity (Wildman–Crippen MR) is 118 cm³/mol. The minimum absolute atomic E-state index is 0.0871. The van der Waals surface area contributed by atoms with Crippen molar-refractivity contribution in [2.24, 2.45) is 0 Å². The van der Waals surface area contributed by atoms with Gasteiger partial charge in [0.2, 0.25) is 5.91 Å². The first-order chi connectivity index (χ1) is 12.8. The number of thioether (sulfide) groups is 1. The van der Waals surface area contributed by atoms with Gasteiger partial charge in [-0.2, -0.15) is 0 Å². The van der Waals surface area contributed by atoms with E-state index in [0.717, 1.165) is 22.5 Å². The number of benzene rings is 2. The van der Waals surface area contributed by atoms with Gasteiger partial charge in [-0.3, -0.25) is 4.79 Å². The number of halogens is 2. The van der Waals surface area contributed by atoms with Crippen LogP contribution in [0.1, 0.15) is 11.1 Å². The largest absolute Gasteiger partial charge is 0.325 e. The minimum atomic E-state index is -0.0871. The van der Waals surface area contributed by atoms with E-state index in [1.165, 1.54) is 23.1 Å². The Morgan fingerprint density at radius 2 is 2.00 bits per heavy atom. The number of amides is 1. The molecule has 0 aliphatic heterocycles. The van der Waals surface area contributed by atoms with Crippen LogP contribution in [0, 0.1) is 17.8 Å². The Morgan fingerprint density at radius 3 is 2.74 bits per heavy atom. The number of nitrogens with one attached hydrogen (secondary N) is 1. The standard InChI is InChI=1S/C18H15Cl2N3OS3/c1-10-3-4-11(2)15(7-10)21-16(24)9-26-17-22-23(18(25)27-17)12-5-6-13(19)14(20)8-12/h3-8H,9H2,1-2H3,(H,21,24). The molecule has 0 unspecified atom stereocenters. The second kappa shape index (κ2) is 8.75. The van der Waals surface area contributed by atoms with Crippen LogP contribution in [0.4, 0.5) is 5.69 Å². The van der Waals surface area contributed by atoms with Crippen molar-refractivity contribution >= 4 is 70.1 Å². The van der Waals surface area contributed by atoms with E-state index in [4.69, 9.17) is 35.4 Å². The highest BCUT2D eigenvalue weighted by Gasteiger charge is 2.11. The number of carbonyl (C=O) groups is 1. The van der Waals surface area contributed by atoms with Gasteiger partial charge in [0, 0.05) is 5.69 Å². The van der Waals surface area contributed by atoms with Crippen molar-refractivity contribution in [3.05, 3.63) is 61.5 Å². The molecule has 0 saturated carbocycles. The molecule has 0 aliphatic carbocycles. The monoisotopic (exact) mass is 455 g/mol. The zero-order valence-electron chi connectivity index (χ0n) is 14.5. The number of hydrogen-bond acceptors (Lipinski definition) is 5. The molecule has 0 atom stereocenters. The average Bonchev–Trinajstić information content (AvgIpc) is 2.99. The summed E-state index contributed by atoms with van der Waals surface area (Å²) in [5, 5.41) is 8.32. The highest BCUT2D eigenvalue weighted by molar-refractivity contribution is 8.01. The van der Waals surface area contributed by atoms with Gasteiger partial charge >= 0.3 is 0 Å². The Morgan fingerprint density at radius 1 is 1.22 bits per heavy atom. The van der Waals surface area contributed by atoms with Gasteiger partial charge in [0.15, 0.2) is 8.29 Å². The van der Waals surface area contributed by atoms with Gasteiger partial charge < -0.3 is 5.32 Å². The Bertz CT molecular complexity index is 1060. The Labute approximate surface area is 180 Å². The van der Waals surface area contributed by atoms with E-state index in [0.29, 0.717) is 18.3 Å². The van der Waals surface area contributed by atoms with Crippen LogP contribution in [-0.4, -0.2) is 21.4 Å². The lowest BCUT2D eigenvalue weighted by molar-refractivity contribution is -0.113. The summed E-state index contributed by atoms with van der Waals surface area (Å²) in [6.45, 7) is 3.96. The molecular formula is C18H15Cl2N3OS3. The quantitative estimate of drug-likeness (QED) is 0.361. The summed E-state index contributed by atoms with van der Waals surface area (Å²) in [5.74, 6) is 0.160. The normalized spacial score (nSPS) is 10.8. The Kier molecular flexibility index (Phi) is 6.60. The third kappa shape index (κ3) is 5.12. The van der Waals surface area contributed by atoms with Crippen molar-refractivity contribution in [3.63, 3.8) is 0 Å². The van der Waals surface area contributed by atoms with Gasteiger partial charge in [-0.1, -0.05) is 58.4 Å². The van der Waals surface area contributed by atoms with Crippen molar-refractivity contribution < 1.29 is 4.79 Å². The highest BCUT2D eigenvalue weighted by atomic mass is 35.5. The molecule has 0 radical (unpaired) electrons. The van der Waals surface area contributed by atoms with Crippen molar-refractivity contribution in [2.75, 3.05) is 11.1 Å². The first-order valence-corrected chi connectivity index (χ1v) is 10.9. The average molecular weight is 456 g/mol. The maximum absolute atomic E-state index is 12.3. The van der Waals surface area contributed by atoms with E-state index in [2.05, 4.69) is 10.4 Å². The molecule has 27 heavy (non-hydrogen) atoms. The van der Waals surface area contributed by atoms with Crippen molar-refractivity contribution in [3.8, 4) is 5.69 Å². The molecule has 140 valence electrons. The first-order valence-electron chi connectivity index (χ1n) is 7.89. The number of carbonyl (C=O) groups excluding carboxylic acids is 1. The third-order valence-electron chi connectivity index (χ3n) is 3.67. The lowest BCUT2D eigenvalue weighted by Crippen LogP contribution is -2.15. The molecule has 0 fully saturated rings. The van der Waals surface area contributed by atoms with Crippen molar-refractivity contribution in [2.45, 2.75) is 18.2 Å². The smallest absolute Gasteiger partial charge is 0.234 e. The third-order valence-corrected chi connectivity index (χ3v) is 6.78. The number of anilines is 1. The van der Waals surface area contributed by atoms with Crippen LogP contribution in [-0.2, 0) is 4.79 Å². The molecule has 1 aromatic heterocycles. The van der Waals surface area contributed by atoms with E-state index in [9.17, 15) is 4.79 Å². The van der Waals surface area contributed by atoms with Gasteiger partial charge in [-0.05, 0) is 61.5 Å². The van der Waals surface area contributed by atoms with E-state index >= 15 is 0 Å². The summed E-state index contributed by atoms with van der Waals surface area (Å²) >= 11 is 20.1. The van der Waals surface area contributed by atoms with Crippen LogP contribution >= 0.6 is 58.5 Å². The minimum Gasteiger partial charge on any atom is -0.325 e. The summed E-state index contributed by atoms with van der Waals surface area (Å²) in [4.78, 5) is 12.3. The number of nitrogens with zero attached hydrogens (tertiary/aromatic N) is 2. The van der Waals surface area contributed by atoms with Crippen LogP contribution in [0.3, 0.4) is 0 Å². The summed E-state index contributed by atoms with van der Waals surface area (Å²) in [6.07, 6.45) is 0. The van der Waals surface area contributed by atoms with E-state index < -0.39 is 0 Å². The summed E-state index contributed by atoms with van der Waals surface area (Å²) in [5.41, 5.74) is 3.69. The van der Waals surface area contributed by atoms with Crippen molar-refractivity contribution in [1.29, 1.82) is 0 Å². The molecule has 1 N–H and O–H groups in total. The number of rotatable bonds is 5. The van der Waals surface area contributed by atoms with Gasteiger partial charge in [-0.25, -0.2) is 4.68 Å². The second-order valence-electron chi connectivity index (χ2n) is 5.80. The molecule has 0 bridgehead atoms. The topological polar surface area (TPSA) is 46.9 Å². The molecule has 0 aliphatic rings. The predicted octanol–water partition coefficient (Wildman–Crippen LogP) is 6.32. The lowest BCUT2D eigenvalue weighted by atomic mass is 10.1. The van der Waals surface area contributed by atoms with Crippen LogP contribution in [0.2, 0.25) is 10.0 Å². The lowest BCUT2D eigenvalue weighted by Gasteiger charge is -2.08. The summed E-state index contributed by atoms with van der Waals surface area (Å²) in [7, 11) is 0. The van der Waals surface area contributed by atoms with Gasteiger partial charge in [0.25, 0.3) is 0 Å². The SMILES string of the molecule is Cc1ccc(C)c(NC(=O)CSc2nn(-c3ccc(Cl)c(Cl)c3)c(=S)s2)c1. The van der Waals surface area contributed by atoms with Crippen LogP contribution < -0.4 is 5.32 Å². The summed E-state index contributed by atoms with van der Waals surface area (Å²) in [6, 6.07) is 11.2. The number of hydrogen-bond donors (Lipinski definition) is 1. The molecule has 4 nitrogen and oxygen atoms in total. The Hall–Kier alpha value is -1.38. The highest BCUT2D eigenvalue weighted by Crippen LogP contribution is 2.28. The molecule has 9 heteroatoms. The molecule has 3 aromatic rings. The fraction of sp³-hybridized carbons (Fsp3) is 0.167. The fourth-order valence-corrected chi connectivity index (χ4v) is 4.74. The van der Waals surface area contributed by atoms with E-state index in [-0.39, 0.29) is 11.7 Å². The van der Waals surface area contributed by atoms with Gasteiger partial charge in [-0.15, -0.1) is 5.10 Å². The number of aromatic nitrogens is 2. The number of aryl methyl sites for hydroxylation is 2. The van der Waals surface area contributed by atoms with Gasteiger partial charge in [0.05, 0.1) is 21.5 Å². The zero-order chi connectivity index (χ0) is 19.6. The molecule has 0 spiro atoms. The fourth-order valence-electron chi connectivity index (χ4n) is 2.28. The maximum atomic E-state index is 12.3. The molecular weight excluding hydrogens is 441 g/mol. The summed E-state index contributed by atoms with van der Waals surface area (Å²) < 4.78 is 2.90. The molecule has 1 amide bonds. The maximum Gasteiger partial charge on any atom is 0.234 e.